The van der Waals surface area contributed by atoms with Crippen molar-refractivity contribution in [1.82, 2.24) is 19.1 Å². The average Bonchev–Trinajstić information content (AvgIpc) is 3.92. The number of aromatic amines is 2. The quantitative estimate of drug-likeness (QED) is 0.0402. The summed E-state index contributed by atoms with van der Waals surface area (Å²) >= 11 is 0. The van der Waals surface area contributed by atoms with Crippen LogP contribution in [0, 0.1) is 0 Å². The minimum absolute atomic E-state index is 0.0178. The molecule has 6 atom stereocenters. The number of unbranched alkanes of at least 4 members (excludes halogenated alkanes) is 4. The molecule has 7 rings (SSSR count). The third-order valence-electron chi connectivity index (χ3n) is 12.5. The zero-order valence-electron chi connectivity index (χ0n) is 38.1. The van der Waals surface area contributed by atoms with Crippen LogP contribution in [0.2, 0.25) is 0 Å². The third kappa shape index (κ3) is 11.1. The fourth-order valence-corrected chi connectivity index (χ4v) is 8.78. The van der Waals surface area contributed by atoms with Gasteiger partial charge in [-0.3, -0.25) is 28.7 Å². The summed E-state index contributed by atoms with van der Waals surface area (Å²) in [6.45, 7) is 3.84. The van der Waals surface area contributed by atoms with E-state index in [9.17, 15) is 24.3 Å². The molecule has 4 heterocycles. The minimum atomic E-state index is -1.18. The van der Waals surface area contributed by atoms with Gasteiger partial charge in [-0.25, -0.2) is 9.59 Å². The van der Waals surface area contributed by atoms with Crippen LogP contribution < -0.4 is 32.0 Å². The Hall–Kier alpha value is -5.62. The van der Waals surface area contributed by atoms with E-state index in [1.165, 1.54) is 15.3 Å². The first kappa shape index (κ1) is 48.3. The van der Waals surface area contributed by atoms with Gasteiger partial charge in [0.25, 0.3) is 11.1 Å². The van der Waals surface area contributed by atoms with E-state index in [2.05, 4.69) is 23.8 Å². The van der Waals surface area contributed by atoms with Gasteiger partial charge >= 0.3 is 11.4 Å². The molecular weight excluding hydrogens is 849 g/mol. The molecule has 3 aromatic carbocycles. The topological polar surface area (TPSA) is 195 Å². The van der Waals surface area contributed by atoms with Gasteiger partial charge in [0.05, 0.1) is 39.6 Å². The zero-order valence-corrected chi connectivity index (χ0v) is 38.1. The van der Waals surface area contributed by atoms with Crippen LogP contribution in [0.1, 0.15) is 105 Å². The fraction of sp³-hybridized carbons (Fsp3) is 0.480. The normalized spacial score (nSPS) is 20.7. The molecule has 2 aliphatic rings. The Morgan fingerprint density at radius 2 is 1.15 bits per heavy atom. The molecule has 16 nitrogen and oxygen atoms in total. The number of hydrogen-bond acceptors (Lipinski definition) is 12. The smallest absolute Gasteiger partial charge is 0.330 e. The van der Waals surface area contributed by atoms with Crippen molar-refractivity contribution >= 4 is 0 Å². The number of nitrogens with zero attached hydrogens (tertiary/aromatic N) is 2. The first-order valence-electron chi connectivity index (χ1n) is 22.9. The number of benzene rings is 3. The Morgan fingerprint density at radius 3 is 1.67 bits per heavy atom. The Morgan fingerprint density at radius 1 is 0.652 bits per heavy atom. The van der Waals surface area contributed by atoms with Crippen molar-refractivity contribution in [3.05, 3.63) is 161 Å². The second kappa shape index (κ2) is 22.7. The molecule has 5 aromatic rings. The molecule has 0 spiro atoms. The highest BCUT2D eigenvalue weighted by molar-refractivity contribution is 5.49. The SMILES string of the molecule is CCCCCc1cn([C@@H]2CC(O)[C@H](COCOC3C[C@@H](n4cc(CCCCC)c(=O)[nH]c4=O)O[C@H]3COC(c3ccccc3)(c3ccc(OC)cc3)c3ccc(OC)cc3)O2)c(=O)[nH]c1=O. The van der Waals surface area contributed by atoms with Crippen LogP contribution in [0.25, 0.3) is 0 Å². The fourth-order valence-electron chi connectivity index (χ4n) is 8.78. The second-order valence-corrected chi connectivity index (χ2v) is 16.9. The summed E-state index contributed by atoms with van der Waals surface area (Å²) in [6, 6.07) is 25.2. The Labute approximate surface area is 383 Å². The maximum atomic E-state index is 13.4. The molecular formula is C50H62N4O12. The highest BCUT2D eigenvalue weighted by Crippen LogP contribution is 2.43. The first-order valence-corrected chi connectivity index (χ1v) is 22.9. The number of methoxy groups -OCH3 is 2. The molecule has 0 amide bonds. The van der Waals surface area contributed by atoms with E-state index in [1.807, 2.05) is 78.9 Å². The average molecular weight is 911 g/mol. The molecule has 66 heavy (non-hydrogen) atoms. The number of ether oxygens (including phenoxy) is 7. The van der Waals surface area contributed by atoms with E-state index in [0.29, 0.717) is 35.5 Å². The number of aryl methyl sites for hydroxylation is 2. The Kier molecular flexibility index (Phi) is 16.6. The van der Waals surface area contributed by atoms with Gasteiger partial charge in [-0.1, -0.05) is 94.1 Å². The standard InChI is InChI=1S/C50H62N4O12/c1-5-7-10-14-33-28-53(48(58)51-46(33)56)44-26-40(55)42(65-44)30-62-32-63-41-27-45(54-29-34(15-11-8-6-2)47(57)52-49(54)59)66-43(41)31-64-50(35-16-12-9-13-17-35,36-18-22-38(60-3)23-19-36)37-20-24-39(61-4)25-21-37/h9,12-13,16-25,28-29,40-45,55H,5-8,10-11,14-15,26-27,30-32H2,1-4H3,(H,51,56,58)(H,52,57,59)/t40?,41?,42-,43-,44-,45-/m0/s1. The first-order chi connectivity index (χ1) is 32.1. The van der Waals surface area contributed by atoms with Gasteiger partial charge in [0.15, 0.2) is 0 Å². The number of aliphatic hydroxyl groups excluding tert-OH is 1. The lowest BCUT2D eigenvalue weighted by Gasteiger charge is -2.37. The number of aliphatic hydroxyl groups is 1. The maximum absolute atomic E-state index is 13.4. The summed E-state index contributed by atoms with van der Waals surface area (Å²) in [5, 5.41) is 11.0. The molecule has 2 fully saturated rings. The second-order valence-electron chi connectivity index (χ2n) is 16.9. The molecule has 0 saturated carbocycles. The molecule has 16 heteroatoms. The van der Waals surface area contributed by atoms with Gasteiger partial charge in [0, 0.05) is 36.4 Å². The van der Waals surface area contributed by atoms with E-state index in [1.54, 1.807) is 20.4 Å². The van der Waals surface area contributed by atoms with Gasteiger partial charge in [-0.15, -0.1) is 0 Å². The predicted octanol–water partition coefficient (Wildman–Crippen LogP) is 5.87. The number of H-pyrrole nitrogens is 2. The molecule has 0 bridgehead atoms. The van der Waals surface area contributed by atoms with Crippen LogP contribution in [0.5, 0.6) is 11.5 Å². The summed E-state index contributed by atoms with van der Waals surface area (Å²) in [5.41, 5.74) is 0.194. The van der Waals surface area contributed by atoms with E-state index in [-0.39, 0.29) is 32.8 Å². The molecule has 3 N–H and O–H groups in total. The Balaban J connectivity index is 1.13. The molecule has 2 unspecified atom stereocenters. The highest BCUT2D eigenvalue weighted by atomic mass is 16.7. The van der Waals surface area contributed by atoms with Crippen LogP contribution in [-0.2, 0) is 42.1 Å². The lowest BCUT2D eigenvalue weighted by Crippen LogP contribution is -2.39. The zero-order chi connectivity index (χ0) is 46.6. The number of aromatic nitrogens is 4. The third-order valence-corrected chi connectivity index (χ3v) is 12.5. The summed E-state index contributed by atoms with van der Waals surface area (Å²) in [6.07, 6.45) is 5.11. The molecule has 2 saturated heterocycles. The van der Waals surface area contributed by atoms with Gasteiger partial charge in [-0.2, -0.15) is 0 Å². The van der Waals surface area contributed by atoms with Gasteiger partial charge in [0.1, 0.15) is 48.6 Å². The molecule has 0 aliphatic carbocycles. The van der Waals surface area contributed by atoms with Gasteiger partial charge in [-0.05, 0) is 66.6 Å². The number of hydrogen-bond donors (Lipinski definition) is 3. The maximum Gasteiger partial charge on any atom is 0.330 e. The lowest BCUT2D eigenvalue weighted by molar-refractivity contribution is -0.151. The summed E-state index contributed by atoms with van der Waals surface area (Å²) in [7, 11) is 3.22. The number of rotatable bonds is 23. The van der Waals surface area contributed by atoms with E-state index in [0.717, 1.165) is 55.2 Å². The highest BCUT2D eigenvalue weighted by Gasteiger charge is 2.43. The van der Waals surface area contributed by atoms with Crippen molar-refractivity contribution in [3.63, 3.8) is 0 Å². The van der Waals surface area contributed by atoms with Crippen molar-refractivity contribution < 1.29 is 38.3 Å². The van der Waals surface area contributed by atoms with Crippen LogP contribution in [-0.4, -0.2) is 82.9 Å². The summed E-state index contributed by atoms with van der Waals surface area (Å²) in [5.74, 6) is 1.35. The summed E-state index contributed by atoms with van der Waals surface area (Å²) < 4.78 is 46.2. The van der Waals surface area contributed by atoms with Crippen molar-refractivity contribution in [2.24, 2.45) is 0 Å². The summed E-state index contributed by atoms with van der Waals surface area (Å²) in [4.78, 5) is 56.5. The van der Waals surface area contributed by atoms with E-state index >= 15 is 0 Å². The lowest BCUT2D eigenvalue weighted by atomic mass is 9.80. The van der Waals surface area contributed by atoms with Crippen LogP contribution >= 0.6 is 0 Å². The van der Waals surface area contributed by atoms with Crippen molar-refractivity contribution in [2.45, 2.75) is 121 Å². The predicted molar refractivity (Wildman–Crippen MR) is 246 cm³/mol. The van der Waals surface area contributed by atoms with Crippen LogP contribution in [0.15, 0.2) is 110 Å². The van der Waals surface area contributed by atoms with Gasteiger partial charge in [0.2, 0.25) is 0 Å². The van der Waals surface area contributed by atoms with E-state index in [4.69, 9.17) is 33.2 Å². The monoisotopic (exact) mass is 910 g/mol. The Bertz CT molecular complexity index is 2510. The van der Waals surface area contributed by atoms with Crippen LogP contribution in [0.3, 0.4) is 0 Å². The van der Waals surface area contributed by atoms with Gasteiger partial charge < -0.3 is 38.3 Å². The van der Waals surface area contributed by atoms with Crippen molar-refractivity contribution in [2.75, 3.05) is 34.2 Å². The van der Waals surface area contributed by atoms with Crippen LogP contribution in [0.4, 0.5) is 0 Å². The number of nitrogens with one attached hydrogen (secondary N) is 2. The minimum Gasteiger partial charge on any atom is -0.497 e. The molecule has 0 radical (unpaired) electrons. The van der Waals surface area contributed by atoms with E-state index < -0.39 is 65.0 Å². The van der Waals surface area contributed by atoms with Crippen molar-refractivity contribution in [1.29, 1.82) is 0 Å². The molecule has 2 aliphatic heterocycles. The largest absolute Gasteiger partial charge is 0.497 e. The van der Waals surface area contributed by atoms with Crippen molar-refractivity contribution in [3.8, 4) is 11.5 Å². The molecule has 2 aromatic heterocycles. The molecule has 354 valence electrons.